The summed E-state index contributed by atoms with van der Waals surface area (Å²) in [7, 11) is -4.00. The van der Waals surface area contributed by atoms with Crippen molar-refractivity contribution in [3.8, 4) is 30.6 Å². The van der Waals surface area contributed by atoms with Gasteiger partial charge >= 0.3 is 0 Å². The number of carbonyl (C=O) groups excluding carboxylic acids is 1. The highest BCUT2D eigenvalue weighted by Crippen LogP contribution is 2.36. The maximum absolute atomic E-state index is 11.1. The second-order valence-corrected chi connectivity index (χ2v) is 54.9. The minimum Gasteiger partial charge on any atom is -0.450 e. The number of halogens is 4. The third-order valence-electron chi connectivity index (χ3n) is 20.6. The number of hydrogen-bond acceptors (Lipinski definition) is 20. The number of nitriles is 3. The standard InChI is InChI=1S/C11H14N2.C10H13N.C9H13N3.C9H15NO2S.C9H15NOS.C9H11NO.C9H15NS.C8H13N3O.C8H11N3.C8H14N2.C7H11BrN2.C7H10Cl2N2.C7H11ClN2/c1-11(2,3)10-12-8-6-4-5-7-9(8)13-10;1-5-8-6-9(11-7-8)10(2,3)4;1-6-7(5-10)12-8(11-6)9(2,3)4;1-9(2,3)7-5-6-8(10-7)13(4,11)12;1-9(2,3)7-5-6-8(10-7)12(4)11;1-9(2,3)8-5-4-7(6-10)11-8;1-9(2,3)7-5-6-8(10-7)11-4;1-8(2,3)7-10-4-5(11-7)6(9)12;1-8(2,3)7-10-5-6(4-9)11-7;1-6-5-9-7(10-6)8(2,3)4;1-7(2,3)6-9-4-5(8)10-6;1-7(2,3)6-10-4(8)5(9)11-6;1-7(2,3)6-9-4-5(8)10-6/h4-7H,1-3H3,(H,12,13);1,6-7,11H,2-4H3;1-4H3,(H,11,12);5H,6H2,1-4H3;5H,6H2,1-4H3;4-5H,1-3H3;5H,6H2,1-4H3;4H,1-3H3,(H2,9,12)(H,10,11);5H,1-3H3,(H,10,11);5H,1-4H3,(H,9,10);4H,1-3H3,(H,9,10);1-3H3,(H,10,11);4H,1-3H3,(H,9,10). The lowest BCUT2D eigenvalue weighted by atomic mass is 9.92. The number of fused-ring (bicyclic) bond motifs is 1. The van der Waals surface area contributed by atoms with Crippen LogP contribution in [0.1, 0.15) is 392 Å². The Labute approximate surface area is 907 Å². The predicted octanol–water partition coefficient (Wildman–Crippen LogP) is 28.7. The van der Waals surface area contributed by atoms with Gasteiger partial charge in [0, 0.05) is 154 Å². The molecule has 147 heavy (non-hydrogen) atoms. The molecule has 14 rings (SSSR count). The molecular formula is C111H166BrCl3N24O5S3. The Hall–Kier alpha value is -10.8. The van der Waals surface area contributed by atoms with Gasteiger partial charge in [-0.25, -0.2) is 58.3 Å². The molecule has 0 radical (unpaired) electrons. The van der Waals surface area contributed by atoms with Crippen LogP contribution < -0.4 is 5.73 Å². The Morgan fingerprint density at radius 2 is 0.939 bits per heavy atom. The summed E-state index contributed by atoms with van der Waals surface area (Å²) in [6.45, 7) is 85.5. The van der Waals surface area contributed by atoms with Gasteiger partial charge in [0.05, 0.1) is 51.7 Å². The number of aryl methyl sites for hydroxylation is 2. The monoisotopic (exact) mass is 2200 g/mol. The van der Waals surface area contributed by atoms with Crippen molar-refractivity contribution in [3.05, 3.63) is 233 Å². The molecule has 0 saturated carbocycles. The quantitative estimate of drug-likeness (QED) is 0.0682. The minimum atomic E-state index is -3.10. The average molecular weight is 2200 g/mol. The zero-order chi connectivity index (χ0) is 114. The van der Waals surface area contributed by atoms with Crippen LogP contribution in [0.3, 0.4) is 0 Å². The van der Waals surface area contributed by atoms with E-state index in [1.807, 2.05) is 185 Å². The molecule has 0 fully saturated rings. The molecule has 10 aromatic heterocycles. The number of para-hydroxylation sites is 2. The number of nitrogens with two attached hydrogens (primary N) is 1. The van der Waals surface area contributed by atoms with Crippen molar-refractivity contribution >= 4 is 115 Å². The van der Waals surface area contributed by atoms with E-state index in [9.17, 15) is 17.4 Å². The van der Waals surface area contributed by atoms with Crippen LogP contribution in [0.2, 0.25) is 15.5 Å². The van der Waals surface area contributed by atoms with E-state index in [2.05, 4.69) is 312 Å². The van der Waals surface area contributed by atoms with Crippen LogP contribution >= 0.6 is 62.5 Å². The van der Waals surface area contributed by atoms with Gasteiger partial charge in [-0.15, -0.1) is 18.2 Å². The highest BCUT2D eigenvalue weighted by molar-refractivity contribution is 9.10. The molecule has 1 atom stereocenters. The van der Waals surface area contributed by atoms with Gasteiger partial charge in [-0.05, 0) is 66.4 Å². The van der Waals surface area contributed by atoms with Gasteiger partial charge < -0.3 is 55.0 Å². The number of nitrogens with zero attached hydrogens (tertiary/aromatic N) is 14. The lowest BCUT2D eigenvalue weighted by Gasteiger charge is -2.16. The van der Waals surface area contributed by atoms with E-state index in [0.717, 1.165) is 114 Å². The summed E-state index contributed by atoms with van der Waals surface area (Å²) in [5.74, 6) is 10.7. The van der Waals surface area contributed by atoms with E-state index in [1.165, 1.54) is 28.9 Å². The van der Waals surface area contributed by atoms with Crippen molar-refractivity contribution in [2.24, 2.45) is 37.0 Å². The highest BCUT2D eigenvalue weighted by Gasteiger charge is 2.30. The smallest absolute Gasteiger partial charge is 0.266 e. The SMILES string of the molecule is C#Cc1c[nH]c(C(C)(C)C)c1.CC(C)(C)C1=CCC(S(C)(=O)=O)=N1.CC(C)(C)c1ccc(C#N)o1.CC(C)(C)c1nc(Cl)c(Cl)[nH]1.CC(C)(C)c1nc2ccccc2[nH]1.CC(C)(C)c1ncc(Br)[nH]1.CC(C)(C)c1ncc(C#N)[nH]1.CC(C)(C)c1ncc(C(N)=O)[nH]1.CC(C)(C)c1ncc(Cl)[nH]1.CS(=O)C1=NC(C(C)(C)C)=CC1.CSC1=NC(C(C)(C)C)=CC1.Cc1[nH]c(C(C)(C)C)nc1C#N.Cc1cnc(C(C)(C)C)[nH]1. The first-order valence-electron chi connectivity index (χ1n) is 48.3. The van der Waals surface area contributed by atoms with E-state index in [4.69, 9.17) is 67.2 Å². The van der Waals surface area contributed by atoms with Crippen molar-refractivity contribution in [1.82, 2.24) is 84.7 Å². The van der Waals surface area contributed by atoms with Crippen LogP contribution in [0, 0.1) is 76.4 Å². The maximum Gasteiger partial charge on any atom is 0.266 e. The number of H-pyrrole nitrogens is 9. The Morgan fingerprint density at radius 1 is 0.490 bits per heavy atom. The van der Waals surface area contributed by atoms with Crippen LogP contribution in [-0.4, -0.2) is 137 Å². The fourth-order valence-electron chi connectivity index (χ4n) is 11.6. The number of furan rings is 1. The number of hydrogen-bond donors (Lipinski definition) is 10. The van der Waals surface area contributed by atoms with Gasteiger partial charge in [-0.1, -0.05) is 341 Å². The number of terminal acetylenes is 1. The molecule has 0 spiro atoms. The fraction of sp³-hybridized carbons (Fsp3) is 0.541. The van der Waals surface area contributed by atoms with E-state index in [0.29, 0.717) is 44.7 Å². The van der Waals surface area contributed by atoms with Crippen LogP contribution in [0.5, 0.6) is 0 Å². The Bertz CT molecular complexity index is 6280. The normalized spacial score (nSPS) is 13.4. The number of nitrogens with one attached hydrogen (secondary N) is 9. The first-order valence-corrected chi connectivity index (χ1v) is 54.9. The summed E-state index contributed by atoms with van der Waals surface area (Å²) in [5, 5.41) is 29.3. The highest BCUT2D eigenvalue weighted by atomic mass is 79.9. The number of thioether (sulfide) groups is 1. The lowest BCUT2D eigenvalue weighted by Crippen LogP contribution is -2.15. The summed E-state index contributed by atoms with van der Waals surface area (Å²) >= 11 is 22.1. The molecule has 1 aromatic carbocycles. The van der Waals surface area contributed by atoms with Crippen LogP contribution in [0.25, 0.3) is 11.0 Å². The summed E-state index contributed by atoms with van der Waals surface area (Å²) < 4.78 is 39.5. The molecule has 1 amide bonds. The summed E-state index contributed by atoms with van der Waals surface area (Å²) in [6.07, 6.45) is 28.8. The molecule has 11 aromatic rings. The van der Waals surface area contributed by atoms with Gasteiger partial charge in [0.25, 0.3) is 5.91 Å². The zero-order valence-electron chi connectivity index (χ0n) is 95.6. The van der Waals surface area contributed by atoms with E-state index in [-0.39, 0.29) is 75.4 Å². The number of rotatable bonds is 1. The zero-order valence-corrected chi connectivity index (χ0v) is 102. The predicted molar refractivity (Wildman–Crippen MR) is 617 cm³/mol. The lowest BCUT2D eigenvalue weighted by molar-refractivity contribution is 0.0995. The van der Waals surface area contributed by atoms with Gasteiger partial charge in [-0.2, -0.15) is 15.8 Å². The molecule has 0 aliphatic carbocycles. The number of sulfone groups is 1. The number of primary amides is 1. The first-order chi connectivity index (χ1) is 66.6. The van der Waals surface area contributed by atoms with Crippen molar-refractivity contribution in [2.75, 3.05) is 18.8 Å². The number of aromatic nitrogens is 17. The van der Waals surface area contributed by atoms with Gasteiger partial charge in [0.15, 0.2) is 20.7 Å². The summed E-state index contributed by atoms with van der Waals surface area (Å²) in [4.78, 5) is 84.7. The van der Waals surface area contributed by atoms with Crippen molar-refractivity contribution in [3.63, 3.8) is 0 Å². The average Bonchev–Trinajstić information content (AvgIpc) is 1.66. The van der Waals surface area contributed by atoms with Crippen molar-refractivity contribution < 1.29 is 21.8 Å². The number of aliphatic imine (C=N–C) groups is 3. The van der Waals surface area contributed by atoms with Gasteiger partial charge in [-0.3, -0.25) is 14.0 Å². The van der Waals surface area contributed by atoms with Crippen LogP contribution in [0.15, 0.2) is 139 Å². The number of benzene rings is 1. The van der Waals surface area contributed by atoms with Gasteiger partial charge in [0.2, 0.25) is 5.76 Å². The molecule has 11 N–H and O–H groups in total. The molecule has 3 aliphatic heterocycles. The molecule has 36 heteroatoms. The summed E-state index contributed by atoms with van der Waals surface area (Å²) in [5.41, 5.74) is 16.6. The number of aromatic amines is 9. The fourth-order valence-corrected chi connectivity index (χ4v) is 13.9. The molecule has 1 unspecified atom stereocenters. The topological polar surface area (TPSA) is 461 Å². The first kappa shape index (κ1) is 132. The Kier molecular flexibility index (Phi) is 49.2. The van der Waals surface area contributed by atoms with E-state index in [1.54, 1.807) is 42.7 Å². The minimum absolute atomic E-state index is 0.00486. The molecular weight excluding hydrogens is 2030 g/mol. The Morgan fingerprint density at radius 3 is 1.21 bits per heavy atom. The molecule has 13 heterocycles. The van der Waals surface area contributed by atoms with Crippen molar-refractivity contribution in [1.29, 1.82) is 15.8 Å². The molecule has 3 aliphatic rings. The number of carbonyl (C=O) groups is 1. The van der Waals surface area contributed by atoms with Crippen LogP contribution in [-0.2, 0) is 74.8 Å². The third kappa shape index (κ3) is 47.8. The number of imidazole rings is 8. The second-order valence-electron chi connectivity index (χ2n) is 48.6. The summed E-state index contributed by atoms with van der Waals surface area (Å²) in [6, 6.07) is 19.7. The van der Waals surface area contributed by atoms with E-state index < -0.39 is 26.5 Å². The van der Waals surface area contributed by atoms with Gasteiger partial charge in [0.1, 0.15) is 107 Å². The number of allylic oxidation sites excluding steroid dienone is 6. The second kappa shape index (κ2) is 54.6. The largest absolute Gasteiger partial charge is 0.450 e. The maximum atomic E-state index is 11.1. The molecule has 806 valence electrons. The van der Waals surface area contributed by atoms with E-state index >= 15 is 0 Å². The molecule has 0 saturated heterocycles. The third-order valence-corrected chi connectivity index (χ3v) is 24.6. The Balaban J connectivity index is 0.000000538. The molecule has 0 bridgehead atoms. The van der Waals surface area contributed by atoms with Crippen molar-refractivity contribution in [2.45, 2.75) is 357 Å². The number of amides is 1. The molecule has 29 nitrogen and oxygen atoms in total. The van der Waals surface area contributed by atoms with Crippen LogP contribution in [0.4, 0.5) is 0 Å².